The Kier molecular flexibility index (Phi) is 6.90. The van der Waals surface area contributed by atoms with Gasteiger partial charge in [-0.15, -0.1) is 0 Å². The van der Waals surface area contributed by atoms with Gasteiger partial charge in [0.25, 0.3) is 0 Å². The van der Waals surface area contributed by atoms with Gasteiger partial charge in [0.2, 0.25) is 0 Å². The van der Waals surface area contributed by atoms with Gasteiger partial charge >= 0.3 is 6.09 Å². The Labute approximate surface area is 141 Å². The van der Waals surface area contributed by atoms with Crippen LogP contribution < -0.4 is 5.32 Å². The monoisotopic (exact) mass is 329 g/mol. The number of hydrogen-bond acceptors (Lipinski definition) is 4. The van der Waals surface area contributed by atoms with Crippen LogP contribution in [0.15, 0.2) is 0 Å². The van der Waals surface area contributed by atoms with Crippen LogP contribution in [0.5, 0.6) is 0 Å². The fraction of sp³-hybridized carbons (Fsp3) is 0.944. The minimum absolute atomic E-state index is 0.0484. The molecule has 0 aromatic heterocycles. The van der Waals surface area contributed by atoms with Crippen LogP contribution in [0.25, 0.3) is 0 Å². The predicted octanol–water partition coefficient (Wildman–Crippen LogP) is 3.50. The highest BCUT2D eigenvalue weighted by molar-refractivity contribution is 5.67. The molecule has 2 N–H and O–H groups in total. The summed E-state index contributed by atoms with van der Waals surface area (Å²) in [5, 5.41) is 12.8. The van der Waals surface area contributed by atoms with E-state index in [1.165, 1.54) is 12.8 Å². The summed E-state index contributed by atoms with van der Waals surface area (Å²) in [6, 6.07) is 0. The van der Waals surface area contributed by atoms with Crippen molar-refractivity contribution in [2.24, 2.45) is 11.3 Å². The summed E-state index contributed by atoms with van der Waals surface area (Å²) in [6.07, 6.45) is 3.66. The number of amides is 1. The van der Waals surface area contributed by atoms with Gasteiger partial charge in [-0.2, -0.15) is 0 Å². The van der Waals surface area contributed by atoms with Crippen LogP contribution >= 0.6 is 0 Å². The van der Waals surface area contributed by atoms with E-state index in [0.717, 1.165) is 12.8 Å². The largest absolute Gasteiger partial charge is 0.444 e. The maximum absolute atomic E-state index is 11.9. The zero-order chi connectivity index (χ0) is 17.7. The van der Waals surface area contributed by atoms with E-state index >= 15 is 0 Å². The number of rotatable bonds is 8. The molecule has 0 aromatic carbocycles. The lowest BCUT2D eigenvalue weighted by atomic mass is 9.80. The Morgan fingerprint density at radius 3 is 2.17 bits per heavy atom. The lowest BCUT2D eigenvalue weighted by Crippen LogP contribution is -2.43. The maximum Gasteiger partial charge on any atom is 0.407 e. The van der Waals surface area contributed by atoms with Gasteiger partial charge in [-0.05, 0) is 60.3 Å². The summed E-state index contributed by atoms with van der Waals surface area (Å²) in [4.78, 5) is 11.9. The number of aliphatic hydroxyl groups is 1. The van der Waals surface area contributed by atoms with Crippen LogP contribution in [-0.4, -0.2) is 42.2 Å². The Balaban J connectivity index is 2.57. The highest BCUT2D eigenvalue weighted by Gasteiger charge is 2.37. The summed E-state index contributed by atoms with van der Waals surface area (Å²) in [6.45, 7) is 12.6. The quantitative estimate of drug-likeness (QED) is 0.715. The van der Waals surface area contributed by atoms with Gasteiger partial charge in [-0.3, -0.25) is 0 Å². The zero-order valence-corrected chi connectivity index (χ0v) is 15.7. The smallest absolute Gasteiger partial charge is 0.407 e. The van der Waals surface area contributed by atoms with Crippen LogP contribution in [-0.2, 0) is 9.47 Å². The van der Waals surface area contributed by atoms with Gasteiger partial charge in [0.1, 0.15) is 5.60 Å². The molecule has 136 valence electrons. The van der Waals surface area contributed by atoms with Gasteiger partial charge in [0.15, 0.2) is 0 Å². The molecule has 5 heteroatoms. The molecule has 1 rings (SSSR count). The first-order valence-corrected chi connectivity index (χ1v) is 8.66. The number of ether oxygens (including phenoxy) is 2. The van der Waals surface area contributed by atoms with E-state index < -0.39 is 11.7 Å². The van der Waals surface area contributed by atoms with Crippen molar-refractivity contribution in [3.8, 4) is 0 Å². The first-order valence-electron chi connectivity index (χ1n) is 8.66. The number of hydrogen-bond donors (Lipinski definition) is 2. The molecule has 1 amide bonds. The second-order valence-electron chi connectivity index (χ2n) is 8.87. The average Bonchev–Trinajstić information content (AvgIpc) is 3.16. The topological polar surface area (TPSA) is 67.8 Å². The van der Waals surface area contributed by atoms with Crippen LogP contribution in [0.4, 0.5) is 4.79 Å². The molecule has 0 spiro atoms. The van der Waals surface area contributed by atoms with Crippen molar-refractivity contribution in [2.75, 3.05) is 19.8 Å². The van der Waals surface area contributed by atoms with Crippen LogP contribution in [0.1, 0.15) is 67.2 Å². The van der Waals surface area contributed by atoms with Gasteiger partial charge in [-0.1, -0.05) is 12.8 Å². The van der Waals surface area contributed by atoms with Gasteiger partial charge in [0, 0.05) is 18.6 Å². The van der Waals surface area contributed by atoms with Crippen LogP contribution in [0.2, 0.25) is 0 Å². The molecule has 5 nitrogen and oxygen atoms in total. The highest BCUT2D eigenvalue weighted by Crippen LogP contribution is 2.42. The van der Waals surface area contributed by atoms with Gasteiger partial charge in [-0.25, -0.2) is 4.79 Å². The third-order valence-electron chi connectivity index (χ3n) is 3.93. The van der Waals surface area contributed by atoms with Gasteiger partial charge in [0.05, 0.1) is 12.2 Å². The average molecular weight is 329 g/mol. The number of carbonyl (C=O) groups excluding carboxylic acids is 1. The number of nitrogens with one attached hydrogen (secondary N) is 1. The summed E-state index contributed by atoms with van der Waals surface area (Å²) >= 11 is 0. The van der Waals surface area contributed by atoms with E-state index in [-0.39, 0.29) is 17.6 Å². The molecule has 0 radical (unpaired) electrons. The lowest BCUT2D eigenvalue weighted by molar-refractivity contribution is -0.0300. The minimum Gasteiger partial charge on any atom is -0.444 e. The van der Waals surface area contributed by atoms with Crippen molar-refractivity contribution in [2.45, 2.75) is 78.4 Å². The van der Waals surface area contributed by atoms with E-state index in [1.807, 2.05) is 41.5 Å². The van der Waals surface area contributed by atoms with E-state index in [1.54, 1.807) is 0 Å². The van der Waals surface area contributed by atoms with E-state index in [4.69, 9.17) is 9.47 Å². The fourth-order valence-corrected chi connectivity index (χ4v) is 2.54. The molecule has 0 saturated heterocycles. The summed E-state index contributed by atoms with van der Waals surface area (Å²) in [5.74, 6) is 0.664. The molecule has 0 heterocycles. The van der Waals surface area contributed by atoms with Crippen molar-refractivity contribution < 1.29 is 19.4 Å². The summed E-state index contributed by atoms with van der Waals surface area (Å²) in [7, 11) is 0. The molecule has 1 aliphatic rings. The normalized spacial score (nSPS) is 18.4. The van der Waals surface area contributed by atoms with Gasteiger partial charge < -0.3 is 19.9 Å². The molecule has 23 heavy (non-hydrogen) atoms. The SMILES string of the molecule is CC(C)(C)OCCC(CO)(CNC(=O)OC(C)(C)C)CC1CC1. The lowest BCUT2D eigenvalue weighted by Gasteiger charge is -2.34. The standard InChI is InChI=1S/C18H35NO4/c1-16(2,3)22-10-9-18(13-20,11-14-7-8-14)12-19-15(21)23-17(4,5)6/h14,20H,7-13H2,1-6H3,(H,19,21). The zero-order valence-electron chi connectivity index (χ0n) is 15.7. The third kappa shape index (κ3) is 9.16. The molecule has 0 bridgehead atoms. The maximum atomic E-state index is 11.9. The van der Waals surface area contributed by atoms with Crippen LogP contribution in [0, 0.1) is 11.3 Å². The molecule has 1 saturated carbocycles. The Morgan fingerprint density at radius 2 is 1.74 bits per heavy atom. The first kappa shape index (κ1) is 20.2. The molecule has 1 atom stereocenters. The van der Waals surface area contributed by atoms with E-state index in [2.05, 4.69) is 5.32 Å². The third-order valence-corrected chi connectivity index (χ3v) is 3.93. The second-order valence-corrected chi connectivity index (χ2v) is 8.87. The Hall–Kier alpha value is -0.810. The van der Waals surface area contributed by atoms with Crippen molar-refractivity contribution in [1.29, 1.82) is 0 Å². The Morgan fingerprint density at radius 1 is 1.13 bits per heavy atom. The molecular formula is C18H35NO4. The predicted molar refractivity (Wildman–Crippen MR) is 91.4 cm³/mol. The number of carbonyl (C=O) groups is 1. The van der Waals surface area contributed by atoms with Crippen molar-refractivity contribution in [3.05, 3.63) is 0 Å². The summed E-state index contributed by atoms with van der Waals surface area (Å²) in [5.41, 5.74) is -1.04. The molecular weight excluding hydrogens is 294 g/mol. The first-order chi connectivity index (χ1) is 10.4. The molecule has 1 unspecified atom stereocenters. The molecule has 1 fully saturated rings. The molecule has 0 aromatic rings. The number of alkyl carbamates (subject to hydrolysis) is 1. The Bertz CT molecular complexity index is 379. The molecule has 0 aliphatic heterocycles. The van der Waals surface area contributed by atoms with E-state index in [9.17, 15) is 9.90 Å². The van der Waals surface area contributed by atoms with E-state index in [0.29, 0.717) is 19.1 Å². The molecule has 1 aliphatic carbocycles. The van der Waals surface area contributed by atoms with Crippen molar-refractivity contribution in [3.63, 3.8) is 0 Å². The highest BCUT2D eigenvalue weighted by atomic mass is 16.6. The minimum atomic E-state index is -0.516. The fourth-order valence-electron chi connectivity index (χ4n) is 2.54. The van der Waals surface area contributed by atoms with Crippen molar-refractivity contribution in [1.82, 2.24) is 5.32 Å². The number of aliphatic hydroxyl groups excluding tert-OH is 1. The van der Waals surface area contributed by atoms with Crippen LogP contribution in [0.3, 0.4) is 0 Å². The summed E-state index contributed by atoms with van der Waals surface area (Å²) < 4.78 is 11.1. The second kappa shape index (κ2) is 7.84. The van der Waals surface area contributed by atoms with Crippen molar-refractivity contribution >= 4 is 6.09 Å².